The van der Waals surface area contributed by atoms with Gasteiger partial charge in [0, 0.05) is 185 Å². The van der Waals surface area contributed by atoms with Crippen molar-refractivity contribution in [2.24, 2.45) is 0 Å². The molecule has 5 aromatic heterocycles. The first-order chi connectivity index (χ1) is 34.2. The molecule has 0 bridgehead atoms. The fourth-order valence-corrected chi connectivity index (χ4v) is 7.17. The quantitative estimate of drug-likeness (QED) is 0.101. The van der Waals surface area contributed by atoms with E-state index in [9.17, 15) is 0 Å². The summed E-state index contributed by atoms with van der Waals surface area (Å²) in [6, 6.07) is 86.6. The number of nitrogens with zero attached hydrogens (tertiary/aromatic N) is 5. The Hall–Kier alpha value is -3.90. The molecule has 0 atom stereocenters. The Labute approximate surface area is 540 Å². The van der Waals surface area contributed by atoms with Crippen LogP contribution in [0.2, 0.25) is 0 Å². The van der Waals surface area contributed by atoms with E-state index >= 15 is 0 Å². The molecular formula is C65H60HfLaN5TiVZr-5. The van der Waals surface area contributed by atoms with Crippen LogP contribution in [0.4, 0.5) is 0 Å². The van der Waals surface area contributed by atoms with Gasteiger partial charge in [0.2, 0.25) is 0 Å². The molecule has 0 saturated heterocycles. The van der Waals surface area contributed by atoms with Gasteiger partial charge in [-0.25, -0.2) is 0 Å². The molecule has 370 valence electrons. The Kier molecular flexibility index (Phi) is 37.2. The maximum Gasteiger partial charge on any atom is 0.0429 e. The molecule has 0 aliphatic carbocycles. The van der Waals surface area contributed by atoms with Crippen LogP contribution in [0.1, 0.15) is 84.8 Å². The van der Waals surface area contributed by atoms with Crippen LogP contribution in [0, 0.1) is 101 Å². The van der Waals surface area contributed by atoms with Crippen molar-refractivity contribution in [3.8, 4) is 0 Å². The van der Waals surface area contributed by atoms with Crippen LogP contribution in [-0.4, -0.2) is 24.9 Å². The molecule has 0 saturated carbocycles. The van der Waals surface area contributed by atoms with E-state index < -0.39 is 0 Å². The molecule has 0 unspecified atom stereocenters. The molecule has 75 heavy (non-hydrogen) atoms. The van der Waals surface area contributed by atoms with Gasteiger partial charge in [-0.2, -0.15) is 179 Å². The first-order valence-electron chi connectivity index (χ1n) is 23.6. The van der Waals surface area contributed by atoms with Gasteiger partial charge in [-0.1, -0.05) is 30.3 Å². The Morgan fingerprint density at radius 2 is 0.453 bits per heavy atom. The summed E-state index contributed by atoms with van der Waals surface area (Å²) in [5.74, 6) is 0. The van der Waals surface area contributed by atoms with Crippen molar-refractivity contribution in [2.45, 2.75) is 66.7 Å². The van der Waals surface area contributed by atoms with Crippen LogP contribution in [0.3, 0.4) is 0 Å². The van der Waals surface area contributed by atoms with E-state index in [1.165, 1.54) is 27.8 Å². The fraction of sp³-hybridized carbons (Fsp3) is 0.154. The molecule has 5 aromatic carbocycles. The summed E-state index contributed by atoms with van der Waals surface area (Å²) >= 11 is 0. The molecule has 0 fully saturated rings. The third-order valence-electron chi connectivity index (χ3n) is 10.5. The van der Waals surface area contributed by atoms with Gasteiger partial charge < -0.3 is 0 Å². The van der Waals surface area contributed by atoms with Crippen molar-refractivity contribution in [2.75, 3.05) is 0 Å². The summed E-state index contributed by atoms with van der Waals surface area (Å²) in [5, 5.41) is 0. The smallest absolute Gasteiger partial charge is 0.0429 e. The van der Waals surface area contributed by atoms with Gasteiger partial charge in [0.25, 0.3) is 0 Å². The van der Waals surface area contributed by atoms with Crippen molar-refractivity contribution < 1.29 is 128 Å². The van der Waals surface area contributed by atoms with Crippen LogP contribution in [0.15, 0.2) is 212 Å². The molecule has 0 N–H and O–H groups in total. The predicted octanol–water partition coefficient (Wildman–Crippen LogP) is 13.9. The number of aryl methyl sites for hydroxylation is 5. The Morgan fingerprint density at radius 1 is 0.280 bits per heavy atom. The monoisotopic (exact) mass is 1420 g/mol. The van der Waals surface area contributed by atoms with Crippen molar-refractivity contribution in [1.29, 1.82) is 0 Å². The van der Waals surface area contributed by atoms with E-state index in [1.807, 2.05) is 217 Å². The normalized spacial score (nSPS) is 9.40. The van der Waals surface area contributed by atoms with E-state index in [4.69, 9.17) is 0 Å². The molecule has 5 heterocycles. The second-order valence-corrected chi connectivity index (χ2v) is 16.7. The molecule has 0 spiro atoms. The minimum atomic E-state index is 0. The van der Waals surface area contributed by atoms with Gasteiger partial charge in [0.15, 0.2) is 0 Å². The van der Waals surface area contributed by atoms with Gasteiger partial charge in [-0.3, -0.25) is 24.9 Å². The molecule has 10 aromatic rings. The van der Waals surface area contributed by atoms with Gasteiger partial charge in [0.1, 0.15) is 0 Å². The molecule has 2 radical (unpaired) electrons. The number of aromatic nitrogens is 5. The fourth-order valence-electron chi connectivity index (χ4n) is 7.17. The standard InChI is InChI=1S/5C13H12N.Hf.La.Ti.V.Zr/c5*1-11-6-5-9-13(14-11)10-12-7-3-2-4-8-12;;;;;/h5*2-7,9H,10H2,1H3;;;;;/q5*-1;;;;;. The van der Waals surface area contributed by atoms with Crippen LogP contribution in [-0.2, 0) is 124 Å². The average Bonchev–Trinajstić information content (AvgIpc) is 3.37. The minimum Gasteiger partial charge on any atom is -0.258 e. The first kappa shape index (κ1) is 69.1. The number of benzene rings is 5. The van der Waals surface area contributed by atoms with Gasteiger partial charge in [-0.05, 0) is 127 Å². The topological polar surface area (TPSA) is 64.5 Å². The van der Waals surface area contributed by atoms with Crippen LogP contribution in [0.25, 0.3) is 0 Å². The first-order valence-corrected chi connectivity index (χ1v) is 23.6. The molecule has 10 heteroatoms. The Morgan fingerprint density at radius 3 is 0.587 bits per heavy atom. The number of hydrogen-bond donors (Lipinski definition) is 0. The van der Waals surface area contributed by atoms with Crippen molar-refractivity contribution in [3.05, 3.63) is 327 Å². The number of rotatable bonds is 10. The second-order valence-electron chi connectivity index (χ2n) is 16.7. The van der Waals surface area contributed by atoms with Gasteiger partial charge in [-0.15, -0.1) is 0 Å². The van der Waals surface area contributed by atoms with Gasteiger partial charge >= 0.3 is 0 Å². The third kappa shape index (κ3) is 28.9. The molecule has 0 aliphatic heterocycles. The second kappa shape index (κ2) is 40.3. The summed E-state index contributed by atoms with van der Waals surface area (Å²) < 4.78 is 0. The summed E-state index contributed by atoms with van der Waals surface area (Å²) in [7, 11) is 0. The zero-order valence-electron chi connectivity index (χ0n) is 43.5. The van der Waals surface area contributed by atoms with Crippen molar-refractivity contribution >= 4 is 0 Å². The van der Waals surface area contributed by atoms with Crippen LogP contribution >= 0.6 is 0 Å². The minimum absolute atomic E-state index is 0. The van der Waals surface area contributed by atoms with E-state index in [0.717, 1.165) is 89.0 Å². The largest absolute Gasteiger partial charge is 0.258 e. The molecular weight excluding hydrogens is 1360 g/mol. The van der Waals surface area contributed by atoms with E-state index in [1.54, 1.807) is 0 Å². The van der Waals surface area contributed by atoms with Crippen molar-refractivity contribution in [3.63, 3.8) is 0 Å². The SMILES string of the molecule is Cc1cccc(Cc2[c-]cccc2)n1.Cc1cccc(Cc2[c-]cccc2)n1.Cc1cccc(Cc2[c-]cccc2)n1.Cc1cccc(Cc2[c-]cccc2)n1.Cc1cccc(Cc2[c-]cccc2)n1.[Hf].[La].[Ti].[V].[Zr]. The molecule has 5 nitrogen and oxygen atoms in total. The zero-order valence-corrected chi connectivity index (χ0v) is 56.1. The molecule has 10 rings (SSSR count). The van der Waals surface area contributed by atoms with Gasteiger partial charge in [0.05, 0.1) is 0 Å². The average molecular weight is 1420 g/mol. The Bertz CT molecular complexity index is 2550. The maximum atomic E-state index is 4.45. The molecule has 0 aliphatic rings. The molecule has 0 amide bonds. The van der Waals surface area contributed by atoms with E-state index in [2.05, 4.69) is 85.6 Å². The number of hydrogen-bond acceptors (Lipinski definition) is 5. The third-order valence-corrected chi connectivity index (χ3v) is 10.5. The van der Waals surface area contributed by atoms with Crippen LogP contribution in [0.5, 0.6) is 0 Å². The summed E-state index contributed by atoms with van der Waals surface area (Å²) in [4.78, 5) is 22.2. The summed E-state index contributed by atoms with van der Waals surface area (Å²) in [6.45, 7) is 10.1. The predicted molar refractivity (Wildman–Crippen MR) is 285 cm³/mol. The Balaban J connectivity index is 0.000000461. The van der Waals surface area contributed by atoms with E-state index in [-0.39, 0.29) is 128 Å². The van der Waals surface area contributed by atoms with E-state index in [0.29, 0.717) is 0 Å². The summed E-state index contributed by atoms with van der Waals surface area (Å²) in [5.41, 5.74) is 16.8. The summed E-state index contributed by atoms with van der Waals surface area (Å²) in [6.07, 6.45) is 4.32. The maximum absolute atomic E-state index is 4.45. The number of pyridine rings is 5. The van der Waals surface area contributed by atoms with Crippen molar-refractivity contribution in [1.82, 2.24) is 24.9 Å². The van der Waals surface area contributed by atoms with Crippen LogP contribution < -0.4 is 0 Å². The zero-order chi connectivity index (χ0) is 49.0.